The predicted molar refractivity (Wildman–Crippen MR) is 47.7 cm³/mol. The summed E-state index contributed by atoms with van der Waals surface area (Å²) in [7, 11) is 1.46. The zero-order valence-corrected chi connectivity index (χ0v) is 8.02. The van der Waals surface area contributed by atoms with E-state index in [1.165, 1.54) is 12.7 Å². The van der Waals surface area contributed by atoms with Crippen molar-refractivity contribution < 1.29 is 9.53 Å². The van der Waals surface area contributed by atoms with Crippen LogP contribution in [0.5, 0.6) is 0 Å². The highest BCUT2D eigenvalue weighted by atomic mass is 16.5. The minimum Gasteiger partial charge on any atom is -0.469 e. The molecule has 0 fully saturated rings. The summed E-state index contributed by atoms with van der Waals surface area (Å²) < 4.78 is 4.76. The van der Waals surface area contributed by atoms with Gasteiger partial charge in [-0.15, -0.1) is 0 Å². The zero-order valence-electron chi connectivity index (χ0n) is 8.02. The van der Waals surface area contributed by atoms with E-state index in [0.29, 0.717) is 0 Å². The van der Waals surface area contributed by atoms with Crippen LogP contribution in [0.25, 0.3) is 0 Å². The van der Waals surface area contributed by atoms with Crippen LogP contribution in [-0.4, -0.2) is 13.1 Å². The summed E-state index contributed by atoms with van der Waals surface area (Å²) in [6.45, 7) is 4.08. The minimum atomic E-state index is -0.270. The molecule has 0 saturated carbocycles. The van der Waals surface area contributed by atoms with Crippen molar-refractivity contribution in [3.05, 3.63) is 11.6 Å². The van der Waals surface area contributed by atoms with Crippen molar-refractivity contribution in [3.63, 3.8) is 0 Å². The third-order valence-corrected chi connectivity index (χ3v) is 2.65. The quantitative estimate of drug-likeness (QED) is 0.443. The number of esters is 1. The first-order valence-corrected chi connectivity index (χ1v) is 4.32. The maximum atomic E-state index is 11.3. The van der Waals surface area contributed by atoms with Crippen LogP contribution in [0.1, 0.15) is 33.1 Å². The van der Waals surface area contributed by atoms with Crippen molar-refractivity contribution in [1.82, 2.24) is 0 Å². The number of ether oxygens (including phenoxy) is 1. The lowest BCUT2D eigenvalue weighted by Crippen LogP contribution is -2.30. The SMILES string of the molecule is COC(=O)[C@]1(C)CC=C(C)CC1. The van der Waals surface area contributed by atoms with Gasteiger partial charge in [0.25, 0.3) is 0 Å². The second-order valence-corrected chi connectivity index (χ2v) is 3.81. The molecule has 0 radical (unpaired) electrons. The largest absolute Gasteiger partial charge is 0.469 e. The van der Waals surface area contributed by atoms with Gasteiger partial charge in [-0.2, -0.15) is 0 Å². The molecule has 2 nitrogen and oxygen atoms in total. The molecule has 68 valence electrons. The van der Waals surface area contributed by atoms with E-state index in [-0.39, 0.29) is 11.4 Å². The molecular weight excluding hydrogens is 152 g/mol. The fourth-order valence-electron chi connectivity index (χ4n) is 1.51. The molecule has 0 aromatic carbocycles. The van der Waals surface area contributed by atoms with Crippen LogP contribution in [0.2, 0.25) is 0 Å². The van der Waals surface area contributed by atoms with Gasteiger partial charge >= 0.3 is 5.97 Å². The predicted octanol–water partition coefficient (Wildman–Crippen LogP) is 2.30. The van der Waals surface area contributed by atoms with Crippen LogP contribution < -0.4 is 0 Å². The maximum Gasteiger partial charge on any atom is 0.311 e. The molecule has 0 heterocycles. The molecule has 0 aromatic rings. The molecule has 0 bridgehead atoms. The Bertz CT molecular complexity index is 218. The first-order valence-electron chi connectivity index (χ1n) is 4.32. The molecule has 0 amide bonds. The third kappa shape index (κ3) is 1.68. The van der Waals surface area contributed by atoms with Gasteiger partial charge in [0, 0.05) is 0 Å². The number of hydrogen-bond donors (Lipinski definition) is 0. The van der Waals surface area contributed by atoms with E-state index in [4.69, 9.17) is 4.74 Å². The summed E-state index contributed by atoms with van der Waals surface area (Å²) in [5.41, 5.74) is 1.12. The molecule has 2 heteroatoms. The molecule has 1 atom stereocenters. The van der Waals surface area contributed by atoms with Crippen molar-refractivity contribution in [1.29, 1.82) is 0 Å². The van der Waals surface area contributed by atoms with Crippen LogP contribution in [0.4, 0.5) is 0 Å². The molecule has 0 aliphatic heterocycles. The molecule has 0 aromatic heterocycles. The standard InChI is InChI=1S/C10H16O2/c1-8-4-6-10(2,7-5-8)9(11)12-3/h4H,5-7H2,1-3H3/t10-/m1/s1. The summed E-state index contributed by atoms with van der Waals surface area (Å²) in [5, 5.41) is 0. The maximum absolute atomic E-state index is 11.3. The average Bonchev–Trinajstić information content (AvgIpc) is 2.09. The Morgan fingerprint density at radius 3 is 2.75 bits per heavy atom. The number of allylic oxidation sites excluding steroid dienone is 2. The van der Waals surface area contributed by atoms with Crippen LogP contribution >= 0.6 is 0 Å². The average molecular weight is 168 g/mol. The Morgan fingerprint density at radius 2 is 2.33 bits per heavy atom. The van der Waals surface area contributed by atoms with E-state index >= 15 is 0 Å². The Hall–Kier alpha value is -0.790. The Morgan fingerprint density at radius 1 is 1.67 bits per heavy atom. The summed E-state index contributed by atoms with van der Waals surface area (Å²) in [6, 6.07) is 0. The van der Waals surface area contributed by atoms with E-state index in [1.807, 2.05) is 6.92 Å². The van der Waals surface area contributed by atoms with Gasteiger partial charge in [0.1, 0.15) is 0 Å². The Labute approximate surface area is 73.6 Å². The van der Waals surface area contributed by atoms with Crippen molar-refractivity contribution in [2.45, 2.75) is 33.1 Å². The van der Waals surface area contributed by atoms with Crippen molar-refractivity contribution in [2.24, 2.45) is 5.41 Å². The Balaban J connectivity index is 2.69. The van der Waals surface area contributed by atoms with E-state index in [9.17, 15) is 4.79 Å². The lowest BCUT2D eigenvalue weighted by atomic mass is 9.77. The first-order chi connectivity index (χ1) is 5.58. The van der Waals surface area contributed by atoms with Gasteiger partial charge in [0.15, 0.2) is 0 Å². The van der Waals surface area contributed by atoms with Gasteiger partial charge in [-0.1, -0.05) is 11.6 Å². The number of methoxy groups -OCH3 is 1. The lowest BCUT2D eigenvalue weighted by molar-refractivity contribution is -0.152. The second kappa shape index (κ2) is 3.30. The number of carbonyl (C=O) groups excluding carboxylic acids is 1. The topological polar surface area (TPSA) is 26.3 Å². The third-order valence-electron chi connectivity index (χ3n) is 2.65. The monoisotopic (exact) mass is 168 g/mol. The molecular formula is C10H16O2. The fourth-order valence-corrected chi connectivity index (χ4v) is 1.51. The fraction of sp³-hybridized carbons (Fsp3) is 0.700. The molecule has 0 N–H and O–H groups in total. The van der Waals surface area contributed by atoms with E-state index < -0.39 is 0 Å². The molecule has 0 spiro atoms. The molecule has 1 aliphatic carbocycles. The first kappa shape index (κ1) is 9.30. The molecule has 1 aliphatic rings. The van der Waals surface area contributed by atoms with E-state index in [2.05, 4.69) is 13.0 Å². The van der Waals surface area contributed by atoms with Gasteiger partial charge in [0.05, 0.1) is 12.5 Å². The van der Waals surface area contributed by atoms with Gasteiger partial charge < -0.3 is 4.74 Å². The summed E-state index contributed by atoms with van der Waals surface area (Å²) in [4.78, 5) is 11.3. The Kier molecular flexibility index (Phi) is 2.55. The normalized spacial score (nSPS) is 29.4. The van der Waals surface area contributed by atoms with Crippen LogP contribution in [-0.2, 0) is 9.53 Å². The van der Waals surface area contributed by atoms with Crippen LogP contribution in [0.3, 0.4) is 0 Å². The van der Waals surface area contributed by atoms with E-state index in [0.717, 1.165) is 19.3 Å². The van der Waals surface area contributed by atoms with Gasteiger partial charge in [-0.05, 0) is 33.1 Å². The molecule has 12 heavy (non-hydrogen) atoms. The van der Waals surface area contributed by atoms with E-state index in [1.54, 1.807) is 0 Å². The summed E-state index contributed by atoms with van der Waals surface area (Å²) in [6.07, 6.45) is 4.90. The number of hydrogen-bond acceptors (Lipinski definition) is 2. The van der Waals surface area contributed by atoms with Crippen molar-refractivity contribution >= 4 is 5.97 Å². The number of rotatable bonds is 1. The van der Waals surface area contributed by atoms with Gasteiger partial charge in [-0.25, -0.2) is 0 Å². The highest BCUT2D eigenvalue weighted by Gasteiger charge is 2.34. The molecule has 1 rings (SSSR count). The van der Waals surface area contributed by atoms with Crippen molar-refractivity contribution in [3.8, 4) is 0 Å². The highest BCUT2D eigenvalue weighted by molar-refractivity contribution is 5.76. The summed E-state index contributed by atoms with van der Waals surface area (Å²) in [5.74, 6) is -0.0775. The zero-order chi connectivity index (χ0) is 9.19. The van der Waals surface area contributed by atoms with Gasteiger partial charge in [0.2, 0.25) is 0 Å². The van der Waals surface area contributed by atoms with Crippen LogP contribution in [0.15, 0.2) is 11.6 Å². The highest BCUT2D eigenvalue weighted by Crippen LogP contribution is 2.35. The number of carbonyl (C=O) groups is 1. The van der Waals surface area contributed by atoms with Crippen molar-refractivity contribution in [2.75, 3.05) is 7.11 Å². The van der Waals surface area contributed by atoms with Crippen LogP contribution in [0, 0.1) is 5.41 Å². The second-order valence-electron chi connectivity index (χ2n) is 3.81. The molecule has 0 saturated heterocycles. The molecule has 0 unspecified atom stereocenters. The summed E-state index contributed by atoms with van der Waals surface area (Å²) >= 11 is 0. The minimum absolute atomic E-state index is 0.0775. The lowest BCUT2D eigenvalue weighted by Gasteiger charge is -2.28. The van der Waals surface area contributed by atoms with Gasteiger partial charge in [-0.3, -0.25) is 4.79 Å². The smallest absolute Gasteiger partial charge is 0.311 e.